The molecule has 1 N–H and O–H groups in total. The highest BCUT2D eigenvalue weighted by Crippen LogP contribution is 2.41. The molecule has 3 rings (SSSR count). The molecule has 33 heavy (non-hydrogen) atoms. The molecule has 170 valence electrons. The summed E-state index contributed by atoms with van der Waals surface area (Å²) in [5.41, 5.74) is 3.23. The van der Waals surface area contributed by atoms with Crippen molar-refractivity contribution in [3.63, 3.8) is 0 Å². The minimum Gasteiger partial charge on any atom is -0.497 e. The Hall–Kier alpha value is -3.23. The molecule has 3 aromatic carbocycles. The van der Waals surface area contributed by atoms with Crippen molar-refractivity contribution < 1.29 is 19.3 Å². The lowest BCUT2D eigenvalue weighted by molar-refractivity contribution is 0.000749. The summed E-state index contributed by atoms with van der Waals surface area (Å²) in [7, 11) is 3.28. The van der Waals surface area contributed by atoms with Crippen LogP contribution in [0.5, 0.6) is 11.5 Å². The number of hydrogen-bond acceptors (Lipinski definition) is 4. The Bertz CT molecular complexity index is 1030. The molecule has 0 aromatic heterocycles. The second-order valence-corrected chi connectivity index (χ2v) is 7.49. The Labute approximate surface area is 200 Å². The van der Waals surface area contributed by atoms with Gasteiger partial charge in [0, 0.05) is 12.0 Å². The molecule has 0 fully saturated rings. The van der Waals surface area contributed by atoms with E-state index in [2.05, 4.69) is 11.8 Å². The van der Waals surface area contributed by atoms with Crippen molar-refractivity contribution >= 4 is 11.6 Å². The number of hydrogen-bond donors (Lipinski definition) is 1. The van der Waals surface area contributed by atoms with Gasteiger partial charge >= 0.3 is 0 Å². The SMILES string of the molecule is COc1ccc(C(OCCC(O)C#C/C=C\Cl)(c2ccccc2)c2ccc(OC)cc2)cc1. The van der Waals surface area contributed by atoms with Crippen molar-refractivity contribution in [3.8, 4) is 23.3 Å². The Morgan fingerprint density at radius 1 is 0.848 bits per heavy atom. The molecule has 0 spiro atoms. The van der Waals surface area contributed by atoms with Gasteiger partial charge in [0.25, 0.3) is 0 Å². The highest BCUT2D eigenvalue weighted by molar-refractivity contribution is 6.25. The maximum atomic E-state index is 10.3. The van der Waals surface area contributed by atoms with Crippen LogP contribution in [-0.4, -0.2) is 32.0 Å². The topological polar surface area (TPSA) is 47.9 Å². The number of halogens is 1. The molecule has 5 heteroatoms. The molecule has 0 aliphatic heterocycles. The molecular weight excluding hydrogens is 436 g/mol. The summed E-state index contributed by atoms with van der Waals surface area (Å²) in [4.78, 5) is 0. The smallest absolute Gasteiger partial charge is 0.143 e. The van der Waals surface area contributed by atoms with Crippen molar-refractivity contribution in [3.05, 3.63) is 107 Å². The summed E-state index contributed by atoms with van der Waals surface area (Å²) in [5.74, 6) is 6.96. The lowest BCUT2D eigenvalue weighted by atomic mass is 9.80. The predicted molar refractivity (Wildman–Crippen MR) is 132 cm³/mol. The van der Waals surface area contributed by atoms with Crippen molar-refractivity contribution in [2.75, 3.05) is 20.8 Å². The maximum absolute atomic E-state index is 10.3. The minimum atomic E-state index is -0.914. The van der Waals surface area contributed by atoms with Crippen LogP contribution >= 0.6 is 11.6 Å². The average Bonchev–Trinajstić information content (AvgIpc) is 2.88. The summed E-state index contributed by atoms with van der Waals surface area (Å²) in [5, 5.41) is 10.3. The zero-order valence-electron chi connectivity index (χ0n) is 18.7. The van der Waals surface area contributed by atoms with E-state index >= 15 is 0 Å². The zero-order valence-corrected chi connectivity index (χ0v) is 19.5. The number of methoxy groups -OCH3 is 2. The van der Waals surface area contributed by atoms with E-state index in [0.29, 0.717) is 6.42 Å². The molecule has 0 amide bonds. The fourth-order valence-corrected chi connectivity index (χ4v) is 3.71. The fraction of sp³-hybridized carbons (Fsp3) is 0.214. The van der Waals surface area contributed by atoms with Gasteiger partial charge < -0.3 is 19.3 Å². The number of benzene rings is 3. The summed E-state index contributed by atoms with van der Waals surface area (Å²) >= 11 is 5.49. The van der Waals surface area contributed by atoms with E-state index in [1.54, 1.807) is 14.2 Å². The van der Waals surface area contributed by atoms with Crippen LogP contribution in [-0.2, 0) is 10.3 Å². The first-order valence-electron chi connectivity index (χ1n) is 10.6. The van der Waals surface area contributed by atoms with Crippen molar-refractivity contribution in [2.24, 2.45) is 0 Å². The van der Waals surface area contributed by atoms with Gasteiger partial charge in [0.05, 0.1) is 20.8 Å². The second kappa shape index (κ2) is 12.1. The summed E-state index contributed by atoms with van der Waals surface area (Å²) in [6.45, 7) is 0.271. The molecule has 1 atom stereocenters. The maximum Gasteiger partial charge on any atom is 0.143 e. The van der Waals surface area contributed by atoms with Crippen LogP contribution in [0.15, 0.2) is 90.5 Å². The van der Waals surface area contributed by atoms with E-state index in [4.69, 9.17) is 25.8 Å². The third-order valence-electron chi connectivity index (χ3n) is 5.28. The molecule has 0 heterocycles. The lowest BCUT2D eigenvalue weighted by Crippen LogP contribution is -2.34. The molecule has 0 radical (unpaired) electrons. The van der Waals surface area contributed by atoms with Crippen LogP contribution < -0.4 is 9.47 Å². The van der Waals surface area contributed by atoms with Crippen molar-refractivity contribution in [1.29, 1.82) is 0 Å². The molecule has 0 aliphatic rings. The highest BCUT2D eigenvalue weighted by Gasteiger charge is 2.37. The molecule has 4 nitrogen and oxygen atoms in total. The highest BCUT2D eigenvalue weighted by atomic mass is 35.5. The zero-order chi connectivity index (χ0) is 23.5. The summed E-state index contributed by atoms with van der Waals surface area (Å²) in [6.07, 6.45) is 0.983. The van der Waals surface area contributed by atoms with Crippen LogP contribution in [0.3, 0.4) is 0 Å². The van der Waals surface area contributed by atoms with Gasteiger partial charge in [0.15, 0.2) is 0 Å². The van der Waals surface area contributed by atoms with E-state index in [9.17, 15) is 5.11 Å². The van der Waals surface area contributed by atoms with Gasteiger partial charge in [-0.15, -0.1) is 0 Å². The molecule has 0 saturated carbocycles. The van der Waals surface area contributed by atoms with Gasteiger partial charge in [-0.25, -0.2) is 0 Å². The summed E-state index contributed by atoms with van der Waals surface area (Å²) < 4.78 is 17.4. The molecule has 0 bridgehead atoms. The van der Waals surface area contributed by atoms with Gasteiger partial charge in [-0.3, -0.25) is 0 Å². The standard InChI is InChI=1S/C28H27ClO4/c1-31-26-15-11-23(12-16-26)28(22-8-4-3-5-9-22,24-13-17-27(32-2)18-14-24)33-21-19-25(30)10-6-7-20-29/h3-5,7-9,11-18,20,25,30H,19,21H2,1-2H3/b20-7-. The molecule has 1 unspecified atom stereocenters. The first-order chi connectivity index (χ1) is 16.1. The Balaban J connectivity index is 2.07. The normalized spacial score (nSPS) is 12.1. The second-order valence-electron chi connectivity index (χ2n) is 7.24. The summed E-state index contributed by atoms with van der Waals surface area (Å²) in [6, 6.07) is 25.7. The Morgan fingerprint density at radius 3 is 1.85 bits per heavy atom. The Morgan fingerprint density at radius 2 is 1.36 bits per heavy atom. The minimum absolute atomic E-state index is 0.271. The van der Waals surface area contributed by atoms with E-state index in [-0.39, 0.29) is 6.61 Å². The lowest BCUT2D eigenvalue weighted by Gasteiger charge is -2.36. The molecule has 3 aromatic rings. The van der Waals surface area contributed by atoms with Crippen LogP contribution in [0.25, 0.3) is 0 Å². The number of aliphatic hydroxyl groups excluding tert-OH is 1. The largest absolute Gasteiger partial charge is 0.497 e. The van der Waals surface area contributed by atoms with Crippen LogP contribution in [0.4, 0.5) is 0 Å². The van der Waals surface area contributed by atoms with E-state index < -0.39 is 11.7 Å². The average molecular weight is 463 g/mol. The van der Waals surface area contributed by atoms with Crippen LogP contribution in [0.2, 0.25) is 0 Å². The third kappa shape index (κ3) is 5.97. The first-order valence-corrected chi connectivity index (χ1v) is 11.0. The monoisotopic (exact) mass is 462 g/mol. The van der Waals surface area contributed by atoms with E-state index in [1.807, 2.05) is 78.9 Å². The third-order valence-corrected chi connectivity index (χ3v) is 5.41. The number of allylic oxidation sites excluding steroid dienone is 1. The van der Waals surface area contributed by atoms with Gasteiger partial charge in [-0.1, -0.05) is 78.0 Å². The Kier molecular flexibility index (Phi) is 8.97. The fourth-order valence-electron chi connectivity index (χ4n) is 3.65. The van der Waals surface area contributed by atoms with Gasteiger partial charge in [-0.05, 0) is 47.0 Å². The van der Waals surface area contributed by atoms with Gasteiger partial charge in [-0.2, -0.15) is 0 Å². The number of ether oxygens (including phenoxy) is 3. The number of aliphatic hydroxyl groups is 1. The number of rotatable bonds is 9. The predicted octanol–water partition coefficient (Wildman–Crippen LogP) is 5.52. The van der Waals surface area contributed by atoms with Crippen LogP contribution in [0, 0.1) is 11.8 Å². The van der Waals surface area contributed by atoms with Gasteiger partial charge in [0.1, 0.15) is 23.2 Å². The quantitative estimate of drug-likeness (QED) is 0.336. The van der Waals surface area contributed by atoms with Crippen LogP contribution in [0.1, 0.15) is 23.1 Å². The van der Waals surface area contributed by atoms with E-state index in [0.717, 1.165) is 28.2 Å². The van der Waals surface area contributed by atoms with Gasteiger partial charge in [0.2, 0.25) is 0 Å². The molecule has 0 aliphatic carbocycles. The molecule has 0 saturated heterocycles. The molecular formula is C28H27ClO4. The first kappa shape index (κ1) is 24.4. The van der Waals surface area contributed by atoms with Crippen molar-refractivity contribution in [1.82, 2.24) is 0 Å². The van der Waals surface area contributed by atoms with E-state index in [1.165, 1.54) is 11.6 Å². The van der Waals surface area contributed by atoms with Crippen molar-refractivity contribution in [2.45, 2.75) is 18.1 Å².